The van der Waals surface area contributed by atoms with Crippen LogP contribution in [0.5, 0.6) is 5.75 Å². The Morgan fingerprint density at radius 3 is 2.96 bits per heavy atom. The number of carbonyl (C=O) groups excluding carboxylic acids is 2. The van der Waals surface area contributed by atoms with E-state index in [0.717, 1.165) is 5.56 Å². The number of ether oxygens (including phenoxy) is 1. The number of anilines is 2. The molecule has 2 aromatic carbocycles. The van der Waals surface area contributed by atoms with Gasteiger partial charge in [-0.15, -0.1) is 0 Å². The zero-order valence-electron chi connectivity index (χ0n) is 14.6. The number of nitrogens with one attached hydrogen (secondary N) is 3. The van der Waals surface area contributed by atoms with Crippen molar-refractivity contribution >= 4 is 34.2 Å². The maximum absolute atomic E-state index is 12.8. The second kappa shape index (κ2) is 6.14. The smallest absolute Gasteiger partial charge is 0.265 e. The highest BCUT2D eigenvalue weighted by Gasteiger charge is 2.28. The zero-order chi connectivity index (χ0) is 19.1. The van der Waals surface area contributed by atoms with Gasteiger partial charge in [-0.3, -0.25) is 14.7 Å². The largest absolute Gasteiger partial charge is 0.478 e. The van der Waals surface area contributed by atoms with Crippen LogP contribution in [0.1, 0.15) is 28.4 Å². The Kier molecular flexibility index (Phi) is 3.78. The summed E-state index contributed by atoms with van der Waals surface area (Å²) in [5.41, 5.74) is 2.73. The maximum atomic E-state index is 12.8. The average Bonchev–Trinajstić information content (AvgIpc) is 3.03. The minimum Gasteiger partial charge on any atom is -0.478 e. The summed E-state index contributed by atoms with van der Waals surface area (Å²) in [6, 6.07) is 10.6. The summed E-state index contributed by atoms with van der Waals surface area (Å²) in [5.74, 6) is 0.00529. The number of rotatable bonds is 2. The standard InChI is InChI=1S/C19H15N5O3/c1-9-6-13-15(7-11(9)8-20)23-24-17(13)22-19(26)12-4-3-5-14-16(12)27-10(2)18(25)21-14/h3-7,10H,1-2H3,(H,21,25)(H2,22,23,24,26). The number of H-pyrrole nitrogens is 1. The molecule has 2 heterocycles. The number of hydrogen-bond acceptors (Lipinski definition) is 5. The SMILES string of the molecule is Cc1cc2c(NC(=O)c3cccc4c3OC(C)C(=O)N4)n[nH]c2cc1C#N. The zero-order valence-corrected chi connectivity index (χ0v) is 14.6. The molecule has 0 bridgehead atoms. The second-order valence-electron chi connectivity index (χ2n) is 6.28. The molecule has 2 amide bonds. The number of nitrogens with zero attached hydrogens (tertiary/aromatic N) is 2. The quantitative estimate of drug-likeness (QED) is 0.648. The third-order valence-electron chi connectivity index (χ3n) is 4.44. The van der Waals surface area contributed by atoms with Gasteiger partial charge in [0.05, 0.1) is 28.4 Å². The van der Waals surface area contributed by atoms with Crippen LogP contribution in [0.2, 0.25) is 0 Å². The fourth-order valence-electron chi connectivity index (χ4n) is 2.97. The summed E-state index contributed by atoms with van der Waals surface area (Å²) < 4.78 is 5.62. The average molecular weight is 361 g/mol. The molecule has 1 unspecified atom stereocenters. The van der Waals surface area contributed by atoms with Crippen molar-refractivity contribution in [3.8, 4) is 11.8 Å². The summed E-state index contributed by atoms with van der Waals surface area (Å²) >= 11 is 0. The van der Waals surface area contributed by atoms with Gasteiger partial charge in [-0.25, -0.2) is 0 Å². The summed E-state index contributed by atoms with van der Waals surface area (Å²) in [6.45, 7) is 3.44. The van der Waals surface area contributed by atoms with Gasteiger partial charge in [-0.1, -0.05) is 6.07 Å². The molecule has 0 fully saturated rings. The van der Waals surface area contributed by atoms with E-state index < -0.39 is 12.0 Å². The van der Waals surface area contributed by atoms with E-state index in [-0.39, 0.29) is 5.91 Å². The summed E-state index contributed by atoms with van der Waals surface area (Å²) in [7, 11) is 0. The van der Waals surface area contributed by atoms with E-state index >= 15 is 0 Å². The fraction of sp³-hybridized carbons (Fsp3) is 0.158. The number of aromatic amines is 1. The van der Waals surface area contributed by atoms with Gasteiger partial charge in [0.1, 0.15) is 0 Å². The Morgan fingerprint density at radius 1 is 1.37 bits per heavy atom. The number of para-hydroxylation sites is 1. The molecule has 0 radical (unpaired) electrons. The Balaban J connectivity index is 1.69. The van der Waals surface area contributed by atoms with Crippen molar-refractivity contribution in [2.45, 2.75) is 20.0 Å². The molecular weight excluding hydrogens is 346 g/mol. The summed E-state index contributed by atoms with van der Waals surface area (Å²) in [5, 5.41) is 22.3. The summed E-state index contributed by atoms with van der Waals surface area (Å²) in [4.78, 5) is 24.6. The van der Waals surface area contributed by atoms with Crippen molar-refractivity contribution in [1.82, 2.24) is 10.2 Å². The molecule has 3 N–H and O–H groups in total. The first kappa shape index (κ1) is 16.6. The van der Waals surface area contributed by atoms with Crippen LogP contribution in [0.15, 0.2) is 30.3 Å². The molecule has 134 valence electrons. The molecule has 1 atom stereocenters. The van der Waals surface area contributed by atoms with Crippen LogP contribution in [0.3, 0.4) is 0 Å². The number of aromatic nitrogens is 2. The second-order valence-corrected chi connectivity index (χ2v) is 6.28. The van der Waals surface area contributed by atoms with Crippen molar-refractivity contribution in [1.29, 1.82) is 5.26 Å². The molecule has 0 saturated heterocycles. The van der Waals surface area contributed by atoms with Gasteiger partial charge in [0.25, 0.3) is 11.8 Å². The van der Waals surface area contributed by atoms with Crippen LogP contribution in [0, 0.1) is 18.3 Å². The third kappa shape index (κ3) is 2.75. The van der Waals surface area contributed by atoms with Gasteiger partial charge in [-0.05, 0) is 43.7 Å². The molecule has 0 aliphatic carbocycles. The highest BCUT2D eigenvalue weighted by Crippen LogP contribution is 2.34. The van der Waals surface area contributed by atoms with Crippen molar-refractivity contribution in [2.24, 2.45) is 0 Å². The van der Waals surface area contributed by atoms with E-state index in [2.05, 4.69) is 26.9 Å². The fourth-order valence-corrected chi connectivity index (χ4v) is 2.97. The van der Waals surface area contributed by atoms with Crippen molar-refractivity contribution < 1.29 is 14.3 Å². The minimum atomic E-state index is -0.690. The molecular formula is C19H15N5O3. The Hall–Kier alpha value is -3.86. The van der Waals surface area contributed by atoms with Gasteiger partial charge in [-0.2, -0.15) is 10.4 Å². The topological polar surface area (TPSA) is 120 Å². The van der Waals surface area contributed by atoms with Gasteiger partial charge >= 0.3 is 0 Å². The predicted molar refractivity (Wildman–Crippen MR) is 98.7 cm³/mol. The molecule has 1 aliphatic rings. The number of nitriles is 1. The monoisotopic (exact) mass is 361 g/mol. The van der Waals surface area contributed by atoms with Crippen LogP contribution in [-0.4, -0.2) is 28.1 Å². The molecule has 27 heavy (non-hydrogen) atoms. The van der Waals surface area contributed by atoms with Crippen molar-refractivity contribution in [3.05, 3.63) is 47.0 Å². The van der Waals surface area contributed by atoms with Crippen LogP contribution in [0.25, 0.3) is 10.9 Å². The molecule has 0 spiro atoms. The van der Waals surface area contributed by atoms with E-state index in [0.29, 0.717) is 39.3 Å². The lowest BCUT2D eigenvalue weighted by Crippen LogP contribution is -2.35. The first-order chi connectivity index (χ1) is 13.0. The Bertz CT molecular complexity index is 1140. The van der Waals surface area contributed by atoms with E-state index in [1.807, 2.05) is 6.92 Å². The van der Waals surface area contributed by atoms with Gasteiger partial charge < -0.3 is 15.4 Å². The van der Waals surface area contributed by atoms with E-state index in [4.69, 9.17) is 10.00 Å². The van der Waals surface area contributed by atoms with Gasteiger partial charge in [0.2, 0.25) is 0 Å². The van der Waals surface area contributed by atoms with Gasteiger partial charge in [0, 0.05) is 5.39 Å². The number of amides is 2. The highest BCUT2D eigenvalue weighted by molar-refractivity contribution is 6.11. The number of hydrogen-bond donors (Lipinski definition) is 3. The molecule has 3 aromatic rings. The lowest BCUT2D eigenvalue weighted by molar-refractivity contribution is -0.122. The highest BCUT2D eigenvalue weighted by atomic mass is 16.5. The van der Waals surface area contributed by atoms with E-state index in [1.54, 1.807) is 37.3 Å². The Labute approximate surface area is 154 Å². The first-order valence-electron chi connectivity index (χ1n) is 8.28. The molecule has 0 saturated carbocycles. The first-order valence-corrected chi connectivity index (χ1v) is 8.28. The van der Waals surface area contributed by atoms with E-state index in [1.165, 1.54) is 0 Å². The number of aryl methyl sites for hydroxylation is 1. The van der Waals surface area contributed by atoms with E-state index in [9.17, 15) is 9.59 Å². The summed E-state index contributed by atoms with van der Waals surface area (Å²) in [6.07, 6.45) is -0.690. The Morgan fingerprint density at radius 2 is 2.19 bits per heavy atom. The molecule has 1 aromatic heterocycles. The lowest BCUT2D eigenvalue weighted by Gasteiger charge is -2.24. The molecule has 8 heteroatoms. The van der Waals surface area contributed by atoms with Gasteiger partial charge in [0.15, 0.2) is 17.7 Å². The minimum absolute atomic E-state index is 0.262. The van der Waals surface area contributed by atoms with Crippen molar-refractivity contribution in [3.63, 3.8) is 0 Å². The van der Waals surface area contributed by atoms with Crippen LogP contribution >= 0.6 is 0 Å². The van der Waals surface area contributed by atoms with Crippen LogP contribution in [-0.2, 0) is 4.79 Å². The molecule has 8 nitrogen and oxygen atoms in total. The predicted octanol–water partition coefficient (Wildman–Crippen LogP) is 2.71. The number of fused-ring (bicyclic) bond motifs is 2. The normalized spacial score (nSPS) is 15.4. The van der Waals surface area contributed by atoms with Crippen LogP contribution in [0.4, 0.5) is 11.5 Å². The third-order valence-corrected chi connectivity index (χ3v) is 4.44. The number of benzene rings is 2. The van der Waals surface area contributed by atoms with Crippen LogP contribution < -0.4 is 15.4 Å². The molecule has 4 rings (SSSR count). The maximum Gasteiger partial charge on any atom is 0.265 e. The lowest BCUT2D eigenvalue weighted by atomic mass is 10.1. The number of carbonyl (C=O) groups is 2. The molecule has 1 aliphatic heterocycles. The van der Waals surface area contributed by atoms with Crippen molar-refractivity contribution in [2.75, 3.05) is 10.6 Å².